The summed E-state index contributed by atoms with van der Waals surface area (Å²) in [5.74, 6) is 5.14. The van der Waals surface area contributed by atoms with Gasteiger partial charge in [0, 0.05) is 19.5 Å². The average molecular weight is 301 g/mol. The maximum absolute atomic E-state index is 12.9. The summed E-state index contributed by atoms with van der Waals surface area (Å²) in [7, 11) is 0. The Morgan fingerprint density at radius 1 is 0.909 bits per heavy atom. The molecular formula is C20H31NO. The standard InChI is InChI=1S/C20H31NO/c22-19(21-6-5-20(13-21)3-1-2-4-20)12-18-16-8-14-7-15(10-16)11-17(18)9-14/h14-18H,1-13H2. The highest BCUT2D eigenvalue weighted by atomic mass is 16.2. The van der Waals surface area contributed by atoms with Crippen molar-refractivity contribution in [2.24, 2.45) is 35.0 Å². The van der Waals surface area contributed by atoms with Crippen LogP contribution in [-0.2, 0) is 4.79 Å². The summed E-state index contributed by atoms with van der Waals surface area (Å²) >= 11 is 0. The van der Waals surface area contributed by atoms with E-state index in [-0.39, 0.29) is 0 Å². The smallest absolute Gasteiger partial charge is 0.222 e. The van der Waals surface area contributed by atoms with E-state index < -0.39 is 0 Å². The molecule has 4 bridgehead atoms. The first kappa shape index (κ1) is 13.9. The summed E-state index contributed by atoms with van der Waals surface area (Å²) in [5.41, 5.74) is 0.541. The summed E-state index contributed by atoms with van der Waals surface area (Å²) in [5, 5.41) is 0. The lowest BCUT2D eigenvalue weighted by Crippen LogP contribution is -2.46. The number of amides is 1. The maximum Gasteiger partial charge on any atom is 0.222 e. The number of hydrogen-bond donors (Lipinski definition) is 0. The fourth-order valence-electron chi connectivity index (χ4n) is 7.38. The average Bonchev–Trinajstić information content (AvgIpc) is 3.13. The lowest BCUT2D eigenvalue weighted by Gasteiger charge is -2.54. The largest absolute Gasteiger partial charge is 0.342 e. The van der Waals surface area contributed by atoms with Crippen molar-refractivity contribution in [2.45, 2.75) is 70.6 Å². The van der Waals surface area contributed by atoms with Gasteiger partial charge in [-0.1, -0.05) is 12.8 Å². The third-order valence-corrected chi connectivity index (χ3v) is 8.29. The number of rotatable bonds is 2. The van der Waals surface area contributed by atoms with E-state index in [1.165, 1.54) is 64.2 Å². The van der Waals surface area contributed by atoms with E-state index >= 15 is 0 Å². The van der Waals surface area contributed by atoms with Crippen LogP contribution in [0, 0.1) is 35.0 Å². The van der Waals surface area contributed by atoms with Crippen LogP contribution in [0.2, 0.25) is 0 Å². The van der Waals surface area contributed by atoms with Crippen molar-refractivity contribution in [1.29, 1.82) is 0 Å². The second kappa shape index (κ2) is 4.98. The summed E-state index contributed by atoms with van der Waals surface area (Å²) in [6, 6.07) is 0. The molecule has 5 saturated carbocycles. The van der Waals surface area contributed by atoms with Crippen LogP contribution in [-0.4, -0.2) is 23.9 Å². The van der Waals surface area contributed by atoms with Gasteiger partial charge in [-0.2, -0.15) is 0 Å². The van der Waals surface area contributed by atoms with E-state index in [9.17, 15) is 4.79 Å². The highest BCUT2D eigenvalue weighted by molar-refractivity contribution is 5.77. The molecule has 6 aliphatic rings. The van der Waals surface area contributed by atoms with Gasteiger partial charge in [-0.25, -0.2) is 0 Å². The van der Waals surface area contributed by atoms with Crippen LogP contribution >= 0.6 is 0 Å². The Labute approximate surface area is 135 Å². The quantitative estimate of drug-likeness (QED) is 0.747. The topological polar surface area (TPSA) is 20.3 Å². The normalized spacial score (nSPS) is 45.1. The molecule has 0 aromatic rings. The molecule has 122 valence electrons. The number of nitrogens with zero attached hydrogens (tertiary/aromatic N) is 1. The minimum atomic E-state index is 0.515. The molecule has 6 rings (SSSR count). The second-order valence-electron chi connectivity index (χ2n) is 9.57. The van der Waals surface area contributed by atoms with E-state index in [1.54, 1.807) is 0 Å². The molecule has 1 spiro atoms. The first-order chi connectivity index (χ1) is 10.7. The van der Waals surface area contributed by atoms with Crippen molar-refractivity contribution in [3.63, 3.8) is 0 Å². The molecule has 0 radical (unpaired) electrons. The van der Waals surface area contributed by atoms with Gasteiger partial charge in [-0.05, 0) is 86.4 Å². The van der Waals surface area contributed by atoms with E-state index in [0.717, 1.165) is 49.1 Å². The van der Waals surface area contributed by atoms with Crippen LogP contribution < -0.4 is 0 Å². The Balaban J connectivity index is 1.24. The van der Waals surface area contributed by atoms with Crippen molar-refractivity contribution in [3.8, 4) is 0 Å². The number of likely N-dealkylation sites (tertiary alicyclic amines) is 1. The molecule has 0 atom stereocenters. The van der Waals surface area contributed by atoms with Crippen LogP contribution in [0.4, 0.5) is 0 Å². The Kier molecular flexibility index (Phi) is 3.14. The van der Waals surface area contributed by atoms with E-state index in [2.05, 4.69) is 4.90 Å². The van der Waals surface area contributed by atoms with Crippen molar-refractivity contribution in [1.82, 2.24) is 4.90 Å². The number of carbonyl (C=O) groups is 1. The van der Waals surface area contributed by atoms with E-state index in [0.29, 0.717) is 11.3 Å². The van der Waals surface area contributed by atoms with Crippen molar-refractivity contribution in [2.75, 3.05) is 13.1 Å². The molecule has 5 aliphatic carbocycles. The zero-order valence-corrected chi connectivity index (χ0v) is 13.9. The van der Waals surface area contributed by atoms with Crippen LogP contribution in [0.1, 0.15) is 70.6 Å². The van der Waals surface area contributed by atoms with E-state index in [1.807, 2.05) is 0 Å². The molecule has 0 N–H and O–H groups in total. The molecule has 1 heterocycles. The first-order valence-corrected chi connectivity index (χ1v) is 9.99. The molecule has 1 saturated heterocycles. The van der Waals surface area contributed by atoms with Crippen LogP contribution in [0.5, 0.6) is 0 Å². The molecule has 0 unspecified atom stereocenters. The maximum atomic E-state index is 12.9. The molecule has 1 aliphatic heterocycles. The van der Waals surface area contributed by atoms with Gasteiger partial charge in [0.2, 0.25) is 5.91 Å². The van der Waals surface area contributed by atoms with Gasteiger partial charge >= 0.3 is 0 Å². The molecule has 1 amide bonds. The van der Waals surface area contributed by atoms with Gasteiger partial charge in [0.15, 0.2) is 0 Å². The molecule has 6 fully saturated rings. The van der Waals surface area contributed by atoms with Gasteiger partial charge in [-0.15, -0.1) is 0 Å². The molecule has 0 aromatic carbocycles. The SMILES string of the molecule is O=C(CC1C2CC3CC(C2)CC1C3)N1CCC2(CCCC2)C1. The Morgan fingerprint density at radius 3 is 2.18 bits per heavy atom. The van der Waals surface area contributed by atoms with Gasteiger partial charge < -0.3 is 4.90 Å². The minimum absolute atomic E-state index is 0.515. The summed E-state index contributed by atoms with van der Waals surface area (Å²) < 4.78 is 0. The van der Waals surface area contributed by atoms with E-state index in [4.69, 9.17) is 0 Å². The Morgan fingerprint density at radius 2 is 1.55 bits per heavy atom. The van der Waals surface area contributed by atoms with Gasteiger partial charge in [0.05, 0.1) is 0 Å². The molecular weight excluding hydrogens is 270 g/mol. The Bertz CT molecular complexity index is 436. The van der Waals surface area contributed by atoms with Crippen molar-refractivity contribution >= 4 is 5.91 Å². The van der Waals surface area contributed by atoms with Gasteiger partial charge in [0.1, 0.15) is 0 Å². The summed E-state index contributed by atoms with van der Waals surface area (Å²) in [6.45, 7) is 2.16. The molecule has 2 heteroatoms. The summed E-state index contributed by atoms with van der Waals surface area (Å²) in [6.07, 6.45) is 15.1. The van der Waals surface area contributed by atoms with Gasteiger partial charge in [0.25, 0.3) is 0 Å². The molecule has 22 heavy (non-hydrogen) atoms. The highest BCUT2D eigenvalue weighted by Crippen LogP contribution is 2.57. The molecule has 0 aromatic heterocycles. The van der Waals surface area contributed by atoms with Crippen molar-refractivity contribution in [3.05, 3.63) is 0 Å². The lowest BCUT2D eigenvalue weighted by atomic mass is 9.51. The van der Waals surface area contributed by atoms with Crippen LogP contribution in [0.15, 0.2) is 0 Å². The first-order valence-electron chi connectivity index (χ1n) is 9.99. The fraction of sp³-hybridized carbons (Fsp3) is 0.950. The third-order valence-electron chi connectivity index (χ3n) is 8.29. The minimum Gasteiger partial charge on any atom is -0.342 e. The molecule has 2 nitrogen and oxygen atoms in total. The highest BCUT2D eigenvalue weighted by Gasteiger charge is 2.49. The lowest BCUT2D eigenvalue weighted by molar-refractivity contribution is -0.135. The fourth-order valence-corrected chi connectivity index (χ4v) is 7.38. The monoisotopic (exact) mass is 301 g/mol. The number of carbonyl (C=O) groups excluding carboxylic acids is 1. The summed E-state index contributed by atoms with van der Waals surface area (Å²) in [4.78, 5) is 15.2. The Hall–Kier alpha value is -0.530. The van der Waals surface area contributed by atoms with Crippen LogP contribution in [0.3, 0.4) is 0 Å². The van der Waals surface area contributed by atoms with Gasteiger partial charge in [-0.3, -0.25) is 4.79 Å². The zero-order chi connectivity index (χ0) is 14.7. The predicted octanol–water partition coefficient (Wildman–Crippen LogP) is 4.24. The van der Waals surface area contributed by atoms with Crippen molar-refractivity contribution < 1.29 is 4.79 Å². The predicted molar refractivity (Wildman–Crippen MR) is 87.3 cm³/mol. The second-order valence-corrected chi connectivity index (χ2v) is 9.57. The zero-order valence-electron chi connectivity index (χ0n) is 13.9. The third kappa shape index (κ3) is 2.16. The number of hydrogen-bond acceptors (Lipinski definition) is 1. The van der Waals surface area contributed by atoms with Crippen LogP contribution in [0.25, 0.3) is 0 Å².